The van der Waals surface area contributed by atoms with E-state index in [1.54, 1.807) is 24.3 Å². The molecule has 0 aliphatic heterocycles. The second-order valence-corrected chi connectivity index (χ2v) is 5.60. The molecule has 4 heteroatoms. The minimum absolute atomic E-state index is 0.156. The predicted molar refractivity (Wildman–Crippen MR) is 91.9 cm³/mol. The number of aromatic hydroxyl groups is 1. The Morgan fingerprint density at radius 3 is 2.38 bits per heavy atom. The molecule has 0 radical (unpaired) electrons. The minimum Gasteiger partial charge on any atom is -0.508 e. The Hall–Kier alpha value is -2.85. The molecule has 2 aromatic carbocycles. The fourth-order valence-corrected chi connectivity index (χ4v) is 2.43. The summed E-state index contributed by atoms with van der Waals surface area (Å²) in [6.45, 7) is 2.27. The number of aliphatic hydroxyl groups excluding tert-OH is 1. The van der Waals surface area contributed by atoms with Crippen LogP contribution in [0.15, 0.2) is 66.7 Å². The first-order chi connectivity index (χ1) is 11.6. The zero-order valence-corrected chi connectivity index (χ0v) is 13.4. The molecular formula is C20H19NO3. The number of aliphatic hydroxyl groups is 1. The topological polar surface area (TPSA) is 62.6 Å². The van der Waals surface area contributed by atoms with Crippen LogP contribution in [-0.2, 0) is 6.61 Å². The van der Waals surface area contributed by atoms with E-state index >= 15 is 0 Å². The Labute approximate surface area is 141 Å². The van der Waals surface area contributed by atoms with Gasteiger partial charge in [0.2, 0.25) is 0 Å². The molecule has 0 amide bonds. The smallest absolute Gasteiger partial charge is 0.144 e. The number of rotatable bonds is 5. The summed E-state index contributed by atoms with van der Waals surface area (Å²) in [6, 6.07) is 19.9. The number of phenols is 1. The summed E-state index contributed by atoms with van der Waals surface area (Å²) in [7, 11) is 0. The summed E-state index contributed by atoms with van der Waals surface area (Å²) < 4.78 is 5.87. The van der Waals surface area contributed by atoms with Crippen molar-refractivity contribution in [3.63, 3.8) is 0 Å². The number of nitrogens with zero attached hydrogens (tertiary/aromatic N) is 1. The highest BCUT2D eigenvalue weighted by Gasteiger charge is 2.18. The first-order valence-corrected chi connectivity index (χ1v) is 7.75. The summed E-state index contributed by atoms with van der Waals surface area (Å²) in [5.41, 5.74) is 2.96. The van der Waals surface area contributed by atoms with E-state index in [0.717, 1.165) is 11.3 Å². The molecule has 0 saturated carbocycles. The standard InChI is InChI=1S/C20H19NO3/c1-14-7-12-18(24-13-15-5-3-2-4-6-15)19(21-14)20(23)16-8-10-17(22)11-9-16/h2-12,20,22-23H,13H2,1H3. The highest BCUT2D eigenvalue weighted by molar-refractivity contribution is 5.38. The third kappa shape index (κ3) is 3.73. The molecule has 1 unspecified atom stereocenters. The van der Waals surface area contributed by atoms with Crippen LogP contribution in [0.3, 0.4) is 0 Å². The number of benzene rings is 2. The normalized spacial score (nSPS) is 11.9. The van der Waals surface area contributed by atoms with Crippen molar-refractivity contribution in [3.05, 3.63) is 89.2 Å². The van der Waals surface area contributed by atoms with Gasteiger partial charge in [0, 0.05) is 5.69 Å². The van der Waals surface area contributed by atoms with Gasteiger partial charge in [-0.3, -0.25) is 4.98 Å². The van der Waals surface area contributed by atoms with Crippen molar-refractivity contribution in [2.24, 2.45) is 0 Å². The van der Waals surface area contributed by atoms with Gasteiger partial charge in [0.1, 0.15) is 29.9 Å². The molecule has 4 nitrogen and oxygen atoms in total. The molecule has 2 N–H and O–H groups in total. The van der Waals surface area contributed by atoms with Crippen LogP contribution in [0.5, 0.6) is 11.5 Å². The molecule has 0 fully saturated rings. The van der Waals surface area contributed by atoms with Gasteiger partial charge < -0.3 is 14.9 Å². The Kier molecular flexibility index (Phi) is 4.77. The van der Waals surface area contributed by atoms with E-state index in [-0.39, 0.29) is 5.75 Å². The molecule has 3 aromatic rings. The molecule has 1 atom stereocenters. The SMILES string of the molecule is Cc1ccc(OCc2ccccc2)c(C(O)c2ccc(O)cc2)n1. The zero-order chi connectivity index (χ0) is 16.9. The minimum atomic E-state index is -0.920. The van der Waals surface area contributed by atoms with E-state index in [9.17, 15) is 10.2 Å². The van der Waals surface area contributed by atoms with Gasteiger partial charge in [-0.25, -0.2) is 0 Å². The molecule has 0 spiro atoms. The number of pyridine rings is 1. The Morgan fingerprint density at radius 1 is 0.958 bits per heavy atom. The zero-order valence-electron chi connectivity index (χ0n) is 13.4. The largest absolute Gasteiger partial charge is 0.508 e. The molecule has 122 valence electrons. The third-order valence-electron chi connectivity index (χ3n) is 3.73. The van der Waals surface area contributed by atoms with Gasteiger partial charge in [-0.05, 0) is 42.3 Å². The highest BCUT2D eigenvalue weighted by atomic mass is 16.5. The van der Waals surface area contributed by atoms with Gasteiger partial charge in [-0.1, -0.05) is 42.5 Å². The van der Waals surface area contributed by atoms with Crippen molar-refractivity contribution in [3.8, 4) is 11.5 Å². The van der Waals surface area contributed by atoms with E-state index in [4.69, 9.17) is 4.74 Å². The van der Waals surface area contributed by atoms with Crippen LogP contribution >= 0.6 is 0 Å². The molecule has 0 aliphatic rings. The molecule has 0 bridgehead atoms. The van der Waals surface area contributed by atoms with E-state index < -0.39 is 6.10 Å². The van der Waals surface area contributed by atoms with Crippen LogP contribution in [0, 0.1) is 6.92 Å². The Morgan fingerprint density at radius 2 is 1.67 bits per heavy atom. The van der Waals surface area contributed by atoms with E-state index in [0.29, 0.717) is 23.6 Å². The first-order valence-electron chi connectivity index (χ1n) is 7.75. The lowest BCUT2D eigenvalue weighted by Crippen LogP contribution is -2.07. The fraction of sp³-hybridized carbons (Fsp3) is 0.150. The summed E-state index contributed by atoms with van der Waals surface area (Å²) in [5, 5.41) is 20.1. The third-order valence-corrected chi connectivity index (χ3v) is 3.73. The number of hydrogen-bond donors (Lipinski definition) is 2. The maximum absolute atomic E-state index is 10.7. The summed E-state index contributed by atoms with van der Waals surface area (Å²) in [5.74, 6) is 0.703. The quantitative estimate of drug-likeness (QED) is 0.751. The monoisotopic (exact) mass is 321 g/mol. The van der Waals surface area contributed by atoms with Gasteiger partial charge in [0.25, 0.3) is 0 Å². The molecule has 3 rings (SSSR count). The molecule has 0 saturated heterocycles. The van der Waals surface area contributed by atoms with Crippen molar-refractivity contribution in [2.75, 3.05) is 0 Å². The summed E-state index contributed by atoms with van der Waals surface area (Å²) in [4.78, 5) is 4.45. The van der Waals surface area contributed by atoms with Crippen LogP contribution in [0.25, 0.3) is 0 Å². The van der Waals surface area contributed by atoms with Crippen molar-refractivity contribution < 1.29 is 14.9 Å². The van der Waals surface area contributed by atoms with Crippen LogP contribution in [0.4, 0.5) is 0 Å². The van der Waals surface area contributed by atoms with Gasteiger partial charge in [0.15, 0.2) is 0 Å². The Balaban J connectivity index is 1.86. The predicted octanol–water partition coefficient (Wildman–Crippen LogP) is 3.76. The van der Waals surface area contributed by atoms with Crippen LogP contribution in [-0.4, -0.2) is 15.2 Å². The van der Waals surface area contributed by atoms with Crippen molar-refractivity contribution in [2.45, 2.75) is 19.6 Å². The maximum atomic E-state index is 10.7. The first kappa shape index (κ1) is 16.0. The lowest BCUT2D eigenvalue weighted by Gasteiger charge is -2.16. The molecule has 1 aromatic heterocycles. The fourth-order valence-electron chi connectivity index (χ4n) is 2.43. The number of phenolic OH excluding ortho intramolecular Hbond substituents is 1. The number of ether oxygens (including phenoxy) is 1. The summed E-state index contributed by atoms with van der Waals surface area (Å²) in [6.07, 6.45) is -0.920. The number of aryl methyl sites for hydroxylation is 1. The van der Waals surface area contributed by atoms with Gasteiger partial charge in [0.05, 0.1) is 0 Å². The average molecular weight is 321 g/mol. The van der Waals surface area contributed by atoms with Crippen molar-refractivity contribution in [1.29, 1.82) is 0 Å². The number of aromatic nitrogens is 1. The highest BCUT2D eigenvalue weighted by Crippen LogP contribution is 2.30. The molecule has 24 heavy (non-hydrogen) atoms. The second kappa shape index (κ2) is 7.15. The van der Waals surface area contributed by atoms with E-state index in [1.807, 2.05) is 49.4 Å². The summed E-state index contributed by atoms with van der Waals surface area (Å²) >= 11 is 0. The Bertz CT molecular complexity index is 801. The van der Waals surface area contributed by atoms with E-state index in [2.05, 4.69) is 4.98 Å². The lowest BCUT2D eigenvalue weighted by atomic mass is 10.0. The molecule has 0 aliphatic carbocycles. The second-order valence-electron chi connectivity index (χ2n) is 5.60. The lowest BCUT2D eigenvalue weighted by molar-refractivity contribution is 0.203. The molecule has 1 heterocycles. The van der Waals surface area contributed by atoms with Crippen LogP contribution < -0.4 is 4.74 Å². The molecular weight excluding hydrogens is 302 g/mol. The van der Waals surface area contributed by atoms with Gasteiger partial charge >= 0.3 is 0 Å². The van der Waals surface area contributed by atoms with E-state index in [1.165, 1.54) is 0 Å². The van der Waals surface area contributed by atoms with Crippen LogP contribution in [0.2, 0.25) is 0 Å². The van der Waals surface area contributed by atoms with Gasteiger partial charge in [-0.2, -0.15) is 0 Å². The van der Waals surface area contributed by atoms with Gasteiger partial charge in [-0.15, -0.1) is 0 Å². The average Bonchev–Trinajstić information content (AvgIpc) is 2.61. The number of hydrogen-bond acceptors (Lipinski definition) is 4. The van der Waals surface area contributed by atoms with Crippen LogP contribution in [0.1, 0.15) is 28.6 Å². The van der Waals surface area contributed by atoms with Crippen molar-refractivity contribution >= 4 is 0 Å². The van der Waals surface area contributed by atoms with Crippen molar-refractivity contribution in [1.82, 2.24) is 4.98 Å². The maximum Gasteiger partial charge on any atom is 0.144 e.